The number of hydrogen-bond donors (Lipinski definition) is 0. The second-order valence-electron chi connectivity index (χ2n) is 8.46. The quantitative estimate of drug-likeness (QED) is 0.336. The molecule has 3 aromatic rings. The van der Waals surface area contributed by atoms with Gasteiger partial charge in [0.25, 0.3) is 11.6 Å². The maximum Gasteiger partial charge on any atom is 0.279 e. The Morgan fingerprint density at radius 1 is 1.19 bits per heavy atom. The molecule has 4 rings (SSSR count). The van der Waals surface area contributed by atoms with Crippen molar-refractivity contribution in [2.75, 3.05) is 26.8 Å². The van der Waals surface area contributed by atoms with E-state index in [0.717, 1.165) is 11.3 Å². The predicted octanol–water partition coefficient (Wildman–Crippen LogP) is 2.80. The Kier molecular flexibility index (Phi) is 7.66. The number of rotatable bonds is 7. The van der Waals surface area contributed by atoms with Gasteiger partial charge in [0.15, 0.2) is 4.80 Å². The Morgan fingerprint density at radius 2 is 1.86 bits per heavy atom. The summed E-state index contributed by atoms with van der Waals surface area (Å²) in [4.78, 5) is 28.3. The summed E-state index contributed by atoms with van der Waals surface area (Å²) in [6.07, 6.45) is -0.425. The van der Waals surface area contributed by atoms with Crippen LogP contribution >= 0.6 is 11.3 Å². The van der Waals surface area contributed by atoms with Crippen LogP contribution in [0.4, 0.5) is 5.69 Å². The molecule has 192 valence electrons. The summed E-state index contributed by atoms with van der Waals surface area (Å²) in [5, 5.41) is 11.2. The normalized spacial score (nSPS) is 19.6. The first kappa shape index (κ1) is 26.1. The highest BCUT2D eigenvalue weighted by Crippen LogP contribution is 2.24. The van der Waals surface area contributed by atoms with Gasteiger partial charge in [-0.05, 0) is 44.2 Å². The number of morpholine rings is 1. The molecule has 0 radical (unpaired) electrons. The first-order valence-electron chi connectivity index (χ1n) is 11.2. The number of amides is 1. The Labute approximate surface area is 211 Å². The van der Waals surface area contributed by atoms with Crippen molar-refractivity contribution in [2.24, 2.45) is 4.99 Å². The number of aromatic nitrogens is 1. The molecule has 2 aromatic carbocycles. The van der Waals surface area contributed by atoms with Gasteiger partial charge < -0.3 is 14.0 Å². The first-order chi connectivity index (χ1) is 17.1. The lowest BCUT2D eigenvalue weighted by Gasteiger charge is -2.34. The number of methoxy groups -OCH3 is 1. The number of hydrogen-bond acceptors (Lipinski definition) is 8. The molecule has 1 aliphatic heterocycles. The van der Waals surface area contributed by atoms with E-state index >= 15 is 0 Å². The smallest absolute Gasteiger partial charge is 0.279 e. The predicted molar refractivity (Wildman–Crippen MR) is 133 cm³/mol. The van der Waals surface area contributed by atoms with Crippen molar-refractivity contribution in [1.29, 1.82) is 0 Å². The number of nitro groups is 1. The monoisotopic (exact) mass is 534 g/mol. The molecule has 1 aromatic heterocycles. The van der Waals surface area contributed by atoms with Crippen molar-refractivity contribution in [1.82, 2.24) is 8.87 Å². The minimum Gasteiger partial charge on any atom is -0.383 e. The Hall–Kier alpha value is -2.97. The van der Waals surface area contributed by atoms with Gasteiger partial charge in [0, 0.05) is 44.4 Å². The van der Waals surface area contributed by atoms with E-state index in [9.17, 15) is 23.3 Å². The zero-order valence-electron chi connectivity index (χ0n) is 20.0. The molecule has 2 heterocycles. The lowest BCUT2D eigenvalue weighted by atomic mass is 10.2. The van der Waals surface area contributed by atoms with Crippen LogP contribution in [0, 0.1) is 10.1 Å². The number of nitro benzene ring substituents is 1. The second-order valence-corrected chi connectivity index (χ2v) is 11.4. The van der Waals surface area contributed by atoms with E-state index in [-0.39, 0.29) is 41.4 Å². The number of non-ortho nitro benzene ring substituents is 1. The Bertz CT molecular complexity index is 1450. The van der Waals surface area contributed by atoms with E-state index in [0.29, 0.717) is 28.2 Å². The van der Waals surface area contributed by atoms with Crippen molar-refractivity contribution in [2.45, 2.75) is 37.5 Å². The summed E-state index contributed by atoms with van der Waals surface area (Å²) in [6, 6.07) is 10.1. The molecule has 0 spiro atoms. The van der Waals surface area contributed by atoms with E-state index < -0.39 is 20.9 Å². The number of sulfonamides is 1. The number of nitrogens with zero attached hydrogens (tertiary/aromatic N) is 4. The number of benzene rings is 2. The van der Waals surface area contributed by atoms with Crippen molar-refractivity contribution >= 4 is 43.2 Å². The second kappa shape index (κ2) is 10.6. The molecule has 2 atom stereocenters. The topological polar surface area (TPSA) is 133 Å². The molecular weight excluding hydrogens is 508 g/mol. The molecule has 0 saturated carbocycles. The van der Waals surface area contributed by atoms with Crippen LogP contribution in [-0.2, 0) is 26.0 Å². The third-order valence-electron chi connectivity index (χ3n) is 5.72. The third-order valence-corrected chi connectivity index (χ3v) is 8.61. The number of fused-ring (bicyclic) bond motifs is 1. The molecule has 0 N–H and O–H groups in total. The first-order valence-corrected chi connectivity index (χ1v) is 13.5. The largest absolute Gasteiger partial charge is 0.383 e. The van der Waals surface area contributed by atoms with E-state index in [4.69, 9.17) is 9.47 Å². The van der Waals surface area contributed by atoms with Crippen LogP contribution in [0.15, 0.2) is 52.4 Å². The van der Waals surface area contributed by atoms with Crippen molar-refractivity contribution in [3.8, 4) is 0 Å². The van der Waals surface area contributed by atoms with Crippen LogP contribution in [0.1, 0.15) is 24.2 Å². The maximum atomic E-state index is 13.1. The summed E-state index contributed by atoms with van der Waals surface area (Å²) >= 11 is 1.16. The lowest BCUT2D eigenvalue weighted by molar-refractivity contribution is -0.384. The number of ether oxygens (including phenoxy) is 2. The number of carbonyl (C=O) groups excluding carboxylic acids is 1. The highest BCUT2D eigenvalue weighted by Gasteiger charge is 2.32. The zero-order valence-corrected chi connectivity index (χ0v) is 21.6. The summed E-state index contributed by atoms with van der Waals surface area (Å²) in [5.41, 5.74) is 0.866. The Morgan fingerprint density at radius 3 is 2.47 bits per heavy atom. The van der Waals surface area contributed by atoms with Crippen LogP contribution in [0.2, 0.25) is 0 Å². The van der Waals surface area contributed by atoms with Gasteiger partial charge in [0.05, 0.1) is 38.9 Å². The van der Waals surface area contributed by atoms with Crippen LogP contribution in [-0.4, -0.2) is 67.1 Å². The van der Waals surface area contributed by atoms with Crippen molar-refractivity contribution < 1.29 is 27.6 Å². The standard InChI is InChI=1S/C23H26N4O7S2/c1-15-13-25(14-16(2)34-15)36(31,32)19-7-4-17(5-8-19)22(28)24-23-26(10-11-33-3)20-9-6-18(27(29)30)12-21(20)35-23/h4-9,12,15-16H,10-11,13-14H2,1-3H3. The van der Waals surface area contributed by atoms with Gasteiger partial charge >= 0.3 is 0 Å². The fourth-order valence-electron chi connectivity index (χ4n) is 4.06. The minimum atomic E-state index is -3.73. The van der Waals surface area contributed by atoms with E-state index in [2.05, 4.69) is 4.99 Å². The van der Waals surface area contributed by atoms with Crippen molar-refractivity contribution in [3.63, 3.8) is 0 Å². The maximum absolute atomic E-state index is 13.1. The molecule has 1 fully saturated rings. The van der Waals surface area contributed by atoms with Crippen LogP contribution < -0.4 is 4.80 Å². The molecule has 13 heteroatoms. The van der Waals surface area contributed by atoms with Crippen LogP contribution in [0.3, 0.4) is 0 Å². The van der Waals surface area contributed by atoms with Crippen LogP contribution in [0.5, 0.6) is 0 Å². The van der Waals surface area contributed by atoms with Crippen LogP contribution in [0.25, 0.3) is 10.2 Å². The van der Waals surface area contributed by atoms with Gasteiger partial charge in [-0.25, -0.2) is 8.42 Å². The molecular formula is C23H26N4O7S2. The summed E-state index contributed by atoms with van der Waals surface area (Å²) in [5.74, 6) is -0.556. The highest BCUT2D eigenvalue weighted by molar-refractivity contribution is 7.89. The molecule has 11 nitrogen and oxygen atoms in total. The average molecular weight is 535 g/mol. The summed E-state index contributed by atoms with van der Waals surface area (Å²) < 4.78 is 40.7. The molecule has 36 heavy (non-hydrogen) atoms. The Balaban J connectivity index is 1.65. The molecule has 2 unspecified atom stereocenters. The fraction of sp³-hybridized carbons (Fsp3) is 0.391. The number of carbonyl (C=O) groups is 1. The van der Waals surface area contributed by atoms with E-state index in [1.807, 2.05) is 13.8 Å². The lowest BCUT2D eigenvalue weighted by Crippen LogP contribution is -2.48. The van der Waals surface area contributed by atoms with E-state index in [1.54, 1.807) is 17.7 Å². The van der Waals surface area contributed by atoms with Gasteiger partial charge in [-0.2, -0.15) is 9.30 Å². The summed E-state index contributed by atoms with van der Waals surface area (Å²) in [6.45, 7) is 4.92. The molecule has 1 saturated heterocycles. The minimum absolute atomic E-state index is 0.0543. The summed E-state index contributed by atoms with van der Waals surface area (Å²) in [7, 11) is -2.18. The average Bonchev–Trinajstić information content (AvgIpc) is 3.18. The van der Waals surface area contributed by atoms with Gasteiger partial charge in [-0.15, -0.1) is 0 Å². The fourth-order valence-corrected chi connectivity index (χ4v) is 6.73. The zero-order chi connectivity index (χ0) is 26.0. The van der Waals surface area contributed by atoms with Gasteiger partial charge in [0.1, 0.15) is 0 Å². The van der Waals surface area contributed by atoms with Crippen molar-refractivity contribution in [3.05, 3.63) is 62.9 Å². The van der Waals surface area contributed by atoms with Gasteiger partial charge in [-0.1, -0.05) is 11.3 Å². The SMILES string of the molecule is COCCn1c(=NC(=O)c2ccc(S(=O)(=O)N3CC(C)OC(C)C3)cc2)sc2cc([N+](=O)[O-])ccc21. The van der Waals surface area contributed by atoms with E-state index in [1.165, 1.54) is 40.7 Å². The molecule has 1 aliphatic rings. The van der Waals surface area contributed by atoms with Gasteiger partial charge in [-0.3, -0.25) is 14.9 Å². The number of thiazole rings is 1. The molecule has 1 amide bonds. The highest BCUT2D eigenvalue weighted by atomic mass is 32.2. The van der Waals surface area contributed by atoms with Gasteiger partial charge in [0.2, 0.25) is 10.0 Å². The molecule has 0 bridgehead atoms. The third kappa shape index (κ3) is 5.39. The molecule has 0 aliphatic carbocycles.